The van der Waals surface area contributed by atoms with E-state index in [0.717, 1.165) is 0 Å². The van der Waals surface area contributed by atoms with Gasteiger partial charge in [0, 0.05) is 16.9 Å². The van der Waals surface area contributed by atoms with Gasteiger partial charge in [0.2, 0.25) is 0 Å². The molecule has 1 amide bonds. The Morgan fingerprint density at radius 2 is 1.80 bits per heavy atom. The molecular formula is C17H11Cl2N3O3. The van der Waals surface area contributed by atoms with E-state index < -0.39 is 11.9 Å². The van der Waals surface area contributed by atoms with Crippen molar-refractivity contribution in [3.05, 3.63) is 69.8 Å². The van der Waals surface area contributed by atoms with Crippen molar-refractivity contribution in [1.82, 2.24) is 0 Å². The zero-order valence-electron chi connectivity index (χ0n) is 12.6. The van der Waals surface area contributed by atoms with Gasteiger partial charge in [0.15, 0.2) is 0 Å². The Bertz CT molecular complexity index is 887. The van der Waals surface area contributed by atoms with Crippen molar-refractivity contribution >= 4 is 46.5 Å². The van der Waals surface area contributed by atoms with Gasteiger partial charge in [-0.15, -0.1) is 0 Å². The van der Waals surface area contributed by atoms with Crippen LogP contribution in [0.1, 0.15) is 10.4 Å². The monoisotopic (exact) mass is 375 g/mol. The molecule has 0 fully saturated rings. The van der Waals surface area contributed by atoms with Crippen LogP contribution in [0.25, 0.3) is 0 Å². The Morgan fingerprint density at radius 3 is 2.40 bits per heavy atom. The number of hydrogen-bond donors (Lipinski definition) is 3. The predicted molar refractivity (Wildman–Crippen MR) is 95.8 cm³/mol. The molecule has 0 aliphatic rings. The Kier molecular flexibility index (Phi) is 6.01. The summed E-state index contributed by atoms with van der Waals surface area (Å²) in [6.45, 7) is 0. The number of carbonyl (C=O) groups is 2. The molecule has 0 aliphatic heterocycles. The Morgan fingerprint density at radius 1 is 1.12 bits per heavy atom. The molecule has 0 aromatic heterocycles. The smallest absolute Gasteiger partial charge is 0.335 e. The summed E-state index contributed by atoms with van der Waals surface area (Å²) >= 11 is 11.8. The first-order valence-corrected chi connectivity index (χ1v) is 7.63. The number of aromatic carboxylic acids is 1. The van der Waals surface area contributed by atoms with Crippen LogP contribution in [0.3, 0.4) is 0 Å². The molecule has 0 heterocycles. The van der Waals surface area contributed by atoms with E-state index in [1.54, 1.807) is 12.1 Å². The molecule has 0 saturated carbocycles. The number of nitriles is 1. The van der Waals surface area contributed by atoms with Crippen LogP contribution in [0.15, 0.2) is 54.2 Å². The van der Waals surface area contributed by atoms with Crippen molar-refractivity contribution in [2.45, 2.75) is 0 Å². The molecule has 0 atom stereocenters. The molecule has 126 valence electrons. The highest BCUT2D eigenvalue weighted by atomic mass is 35.5. The molecule has 0 bridgehead atoms. The first kappa shape index (κ1) is 18.3. The lowest BCUT2D eigenvalue weighted by atomic mass is 10.2. The molecule has 0 saturated heterocycles. The fraction of sp³-hybridized carbons (Fsp3) is 0. The second-order valence-corrected chi connectivity index (χ2v) is 5.62. The normalized spacial score (nSPS) is 10.7. The van der Waals surface area contributed by atoms with Gasteiger partial charge in [-0.3, -0.25) is 4.79 Å². The molecule has 25 heavy (non-hydrogen) atoms. The van der Waals surface area contributed by atoms with Crippen molar-refractivity contribution in [3.63, 3.8) is 0 Å². The molecule has 6 nitrogen and oxygen atoms in total. The third-order valence-electron chi connectivity index (χ3n) is 3.06. The average Bonchev–Trinajstić information content (AvgIpc) is 2.59. The summed E-state index contributed by atoms with van der Waals surface area (Å²) < 4.78 is 0. The molecule has 8 heteroatoms. The number of carboxylic acid groups (broad SMARTS) is 1. The number of nitrogens with zero attached hydrogens (tertiary/aromatic N) is 1. The Balaban J connectivity index is 2.11. The fourth-order valence-electron chi connectivity index (χ4n) is 1.80. The van der Waals surface area contributed by atoms with Crippen LogP contribution in [-0.4, -0.2) is 17.0 Å². The second-order valence-electron chi connectivity index (χ2n) is 4.77. The number of hydrogen-bond acceptors (Lipinski definition) is 4. The van der Waals surface area contributed by atoms with E-state index in [-0.39, 0.29) is 21.8 Å². The summed E-state index contributed by atoms with van der Waals surface area (Å²) in [6, 6.07) is 12.2. The van der Waals surface area contributed by atoms with Crippen molar-refractivity contribution in [2.24, 2.45) is 0 Å². The second kappa shape index (κ2) is 8.20. The standard InChI is InChI=1S/C17H11Cl2N3O3/c18-12-3-6-14(19)15(7-12)22-16(23)11(8-20)9-21-13-4-1-10(2-5-13)17(24)25/h1-7,9,21H,(H,22,23)(H,24,25)/b11-9-. The molecule has 0 spiro atoms. The van der Waals surface area contributed by atoms with E-state index in [0.29, 0.717) is 10.7 Å². The zero-order chi connectivity index (χ0) is 18.4. The highest BCUT2D eigenvalue weighted by Gasteiger charge is 2.12. The van der Waals surface area contributed by atoms with Crippen LogP contribution in [0.2, 0.25) is 10.0 Å². The molecule has 2 aromatic carbocycles. The SMILES string of the molecule is N#C/C(=C/Nc1ccc(C(=O)O)cc1)C(=O)Nc1cc(Cl)ccc1Cl. The van der Waals surface area contributed by atoms with Gasteiger partial charge in [-0.1, -0.05) is 23.2 Å². The summed E-state index contributed by atoms with van der Waals surface area (Å²) in [4.78, 5) is 22.9. The summed E-state index contributed by atoms with van der Waals surface area (Å²) in [7, 11) is 0. The number of carbonyl (C=O) groups excluding carboxylic acids is 1. The number of carboxylic acids is 1. The van der Waals surface area contributed by atoms with Crippen molar-refractivity contribution in [3.8, 4) is 6.07 Å². The minimum atomic E-state index is -1.04. The minimum Gasteiger partial charge on any atom is -0.478 e. The number of nitrogens with one attached hydrogen (secondary N) is 2. The lowest BCUT2D eigenvalue weighted by Crippen LogP contribution is -2.14. The first-order chi connectivity index (χ1) is 11.9. The predicted octanol–water partition coefficient (Wildman–Crippen LogP) is 4.15. The van der Waals surface area contributed by atoms with Crippen molar-refractivity contribution < 1.29 is 14.7 Å². The van der Waals surface area contributed by atoms with Crippen LogP contribution in [0.5, 0.6) is 0 Å². The van der Waals surface area contributed by atoms with Gasteiger partial charge in [0.25, 0.3) is 5.91 Å². The van der Waals surface area contributed by atoms with Gasteiger partial charge in [-0.2, -0.15) is 5.26 Å². The molecule has 0 unspecified atom stereocenters. The topological polar surface area (TPSA) is 102 Å². The van der Waals surface area contributed by atoms with Crippen LogP contribution in [0.4, 0.5) is 11.4 Å². The van der Waals surface area contributed by atoms with E-state index >= 15 is 0 Å². The van der Waals surface area contributed by atoms with E-state index in [1.165, 1.54) is 42.6 Å². The number of anilines is 2. The van der Waals surface area contributed by atoms with Gasteiger partial charge >= 0.3 is 5.97 Å². The molecule has 0 radical (unpaired) electrons. The van der Waals surface area contributed by atoms with Gasteiger partial charge in [0.1, 0.15) is 11.6 Å². The van der Waals surface area contributed by atoms with E-state index in [1.807, 2.05) is 0 Å². The third kappa shape index (κ3) is 4.98. The van der Waals surface area contributed by atoms with Gasteiger partial charge in [-0.25, -0.2) is 4.79 Å². The highest BCUT2D eigenvalue weighted by molar-refractivity contribution is 6.36. The van der Waals surface area contributed by atoms with Crippen LogP contribution in [0, 0.1) is 11.3 Å². The maximum absolute atomic E-state index is 12.2. The molecule has 2 aromatic rings. The summed E-state index contributed by atoms with van der Waals surface area (Å²) in [5, 5.41) is 23.9. The number of rotatable bonds is 5. The molecule has 2 rings (SSSR count). The Labute approximate surface area is 153 Å². The van der Waals surface area contributed by atoms with Crippen molar-refractivity contribution in [1.29, 1.82) is 5.26 Å². The molecule has 0 aliphatic carbocycles. The van der Waals surface area contributed by atoms with Gasteiger partial charge in [0.05, 0.1) is 16.3 Å². The van der Waals surface area contributed by atoms with Crippen LogP contribution in [-0.2, 0) is 4.79 Å². The fourth-order valence-corrected chi connectivity index (χ4v) is 2.13. The summed E-state index contributed by atoms with van der Waals surface area (Å²) in [5.41, 5.74) is 0.735. The first-order valence-electron chi connectivity index (χ1n) is 6.87. The number of halogens is 2. The third-order valence-corrected chi connectivity index (χ3v) is 3.62. The summed E-state index contributed by atoms with van der Waals surface area (Å²) in [6.07, 6.45) is 1.21. The minimum absolute atomic E-state index is 0.128. The maximum atomic E-state index is 12.2. The van der Waals surface area contributed by atoms with Gasteiger partial charge in [-0.05, 0) is 42.5 Å². The highest BCUT2D eigenvalue weighted by Crippen LogP contribution is 2.25. The van der Waals surface area contributed by atoms with Gasteiger partial charge < -0.3 is 15.7 Å². The maximum Gasteiger partial charge on any atom is 0.335 e. The number of amides is 1. The largest absolute Gasteiger partial charge is 0.478 e. The summed E-state index contributed by atoms with van der Waals surface area (Å²) in [5.74, 6) is -1.71. The zero-order valence-corrected chi connectivity index (χ0v) is 14.1. The molecular weight excluding hydrogens is 365 g/mol. The lowest BCUT2D eigenvalue weighted by Gasteiger charge is -2.07. The average molecular weight is 376 g/mol. The molecule has 3 N–H and O–H groups in total. The van der Waals surface area contributed by atoms with E-state index in [4.69, 9.17) is 33.6 Å². The Hall–Kier alpha value is -3.01. The lowest BCUT2D eigenvalue weighted by molar-refractivity contribution is -0.112. The van der Waals surface area contributed by atoms with Crippen LogP contribution < -0.4 is 10.6 Å². The van der Waals surface area contributed by atoms with E-state index in [9.17, 15) is 9.59 Å². The van der Waals surface area contributed by atoms with Crippen LogP contribution >= 0.6 is 23.2 Å². The quantitative estimate of drug-likeness (QED) is 0.538. The van der Waals surface area contributed by atoms with E-state index in [2.05, 4.69) is 10.6 Å². The number of benzene rings is 2. The van der Waals surface area contributed by atoms with Crippen molar-refractivity contribution in [2.75, 3.05) is 10.6 Å².